The van der Waals surface area contributed by atoms with Crippen molar-refractivity contribution >= 4 is 26.8 Å². The highest BCUT2D eigenvalue weighted by Gasteiger charge is 2.20. The first-order valence-electron chi connectivity index (χ1n) is 13.8. The van der Waals surface area contributed by atoms with Crippen LogP contribution in [-0.4, -0.2) is 56.0 Å². The van der Waals surface area contributed by atoms with Crippen LogP contribution in [0.3, 0.4) is 0 Å². The molecule has 0 atom stereocenters. The number of benzene rings is 3. The summed E-state index contributed by atoms with van der Waals surface area (Å²) in [6.45, 7) is 0.704. The predicted molar refractivity (Wildman–Crippen MR) is 164 cm³/mol. The summed E-state index contributed by atoms with van der Waals surface area (Å²) in [5.74, 6) is -0.208. The van der Waals surface area contributed by atoms with Crippen molar-refractivity contribution in [2.24, 2.45) is 0 Å². The van der Waals surface area contributed by atoms with Gasteiger partial charge in [-0.05, 0) is 48.0 Å². The van der Waals surface area contributed by atoms with Crippen molar-refractivity contribution in [2.45, 2.75) is 24.5 Å². The lowest BCUT2D eigenvalue weighted by Crippen LogP contribution is -2.11. The molecule has 12 heteroatoms. The second kappa shape index (κ2) is 13.3. The van der Waals surface area contributed by atoms with Gasteiger partial charge in [0.05, 0.1) is 52.5 Å². The molecule has 0 amide bonds. The van der Waals surface area contributed by atoms with Crippen LogP contribution in [0.5, 0.6) is 5.88 Å². The number of nitrogens with zero attached hydrogens (tertiary/aromatic N) is 4. The van der Waals surface area contributed by atoms with E-state index >= 15 is 0 Å². The number of hydrogen-bond acceptors (Lipinski definition) is 9. The van der Waals surface area contributed by atoms with Crippen molar-refractivity contribution in [3.05, 3.63) is 107 Å². The summed E-state index contributed by atoms with van der Waals surface area (Å²) in [4.78, 5) is 21.5. The van der Waals surface area contributed by atoms with Gasteiger partial charge in [0.1, 0.15) is 18.2 Å². The van der Waals surface area contributed by atoms with E-state index < -0.39 is 21.6 Å². The van der Waals surface area contributed by atoms with Gasteiger partial charge in [0.2, 0.25) is 5.88 Å². The van der Waals surface area contributed by atoms with E-state index in [0.717, 1.165) is 12.3 Å². The quantitative estimate of drug-likeness (QED) is 0.183. The normalized spacial score (nSPS) is 11.4. The molecular weight excluding hydrogens is 599 g/mol. The van der Waals surface area contributed by atoms with Gasteiger partial charge in [0.15, 0.2) is 9.84 Å². The molecule has 0 saturated carbocycles. The van der Waals surface area contributed by atoms with Gasteiger partial charge in [0.25, 0.3) is 0 Å². The van der Waals surface area contributed by atoms with E-state index in [1.165, 1.54) is 19.2 Å². The van der Waals surface area contributed by atoms with E-state index in [1.54, 1.807) is 61.7 Å². The van der Waals surface area contributed by atoms with Crippen LogP contribution in [0, 0.1) is 17.1 Å². The Hall–Kier alpha value is -5.12. The maximum Gasteiger partial charge on any atom is 0.337 e. The number of sulfone groups is 1. The minimum Gasteiger partial charge on any atom is -0.473 e. The van der Waals surface area contributed by atoms with Gasteiger partial charge in [0, 0.05) is 43.5 Å². The lowest BCUT2D eigenvalue weighted by molar-refractivity contribution is 0.0601. The number of fused-ring (bicyclic) bond motifs is 1. The topological polar surface area (TPSA) is 133 Å². The highest BCUT2D eigenvalue weighted by atomic mass is 32.2. The highest BCUT2D eigenvalue weighted by Crippen LogP contribution is 2.29. The van der Waals surface area contributed by atoms with Gasteiger partial charge in [-0.2, -0.15) is 5.26 Å². The Bertz CT molecular complexity index is 2050. The smallest absolute Gasteiger partial charge is 0.337 e. The number of carbonyl (C=O) groups is 1. The van der Waals surface area contributed by atoms with Crippen molar-refractivity contribution in [3.8, 4) is 23.2 Å². The molecule has 0 aliphatic carbocycles. The molecule has 3 aromatic carbocycles. The van der Waals surface area contributed by atoms with E-state index in [0.29, 0.717) is 52.4 Å². The fraction of sp³-hybridized carbons (Fsp3) is 0.212. The summed E-state index contributed by atoms with van der Waals surface area (Å²) in [5, 5.41) is 8.95. The average molecular weight is 629 g/mol. The number of hydrogen-bond donors (Lipinski definition) is 0. The van der Waals surface area contributed by atoms with Gasteiger partial charge >= 0.3 is 5.97 Å². The maximum absolute atomic E-state index is 14.3. The molecule has 0 fully saturated rings. The van der Waals surface area contributed by atoms with E-state index in [1.807, 2.05) is 10.6 Å². The minimum absolute atomic E-state index is 0.104. The van der Waals surface area contributed by atoms with Gasteiger partial charge in [-0.15, -0.1) is 0 Å². The first-order chi connectivity index (χ1) is 21.6. The summed E-state index contributed by atoms with van der Waals surface area (Å²) < 4.78 is 58.1. The summed E-state index contributed by atoms with van der Waals surface area (Å²) in [7, 11) is -0.783. The Morgan fingerprint density at radius 1 is 1.00 bits per heavy atom. The van der Waals surface area contributed by atoms with Crippen molar-refractivity contribution in [1.29, 1.82) is 5.26 Å². The summed E-state index contributed by atoms with van der Waals surface area (Å²) >= 11 is 0. The molecule has 0 bridgehead atoms. The molecule has 2 heterocycles. The number of nitriles is 1. The standard InChI is InChI=1S/C33H29FN4O6S/c1-42-14-13-38-29-16-24(33(39)43-2)11-12-28(29)36-31(38)18-23-10-9-22(17-30(23)45(3,40)41)27-5-4-6-32(37-27)44-20-25-8-7-21(19-35)15-26(25)34/h4-12,15-17H,13-14,18,20H2,1-3H3. The van der Waals surface area contributed by atoms with Gasteiger partial charge in [-0.25, -0.2) is 27.6 Å². The van der Waals surface area contributed by atoms with E-state index in [-0.39, 0.29) is 34.9 Å². The SMILES string of the molecule is COCCn1c(Cc2ccc(-c3cccc(OCc4ccc(C#N)cc4F)n3)cc2S(C)(=O)=O)nc2ccc(C(=O)OC)cc21. The molecule has 5 rings (SSSR count). The molecule has 45 heavy (non-hydrogen) atoms. The Morgan fingerprint density at radius 2 is 1.80 bits per heavy atom. The monoisotopic (exact) mass is 628 g/mol. The maximum atomic E-state index is 14.3. The molecular formula is C33H29FN4O6S. The predicted octanol–water partition coefficient (Wildman–Crippen LogP) is 5.12. The Morgan fingerprint density at radius 3 is 2.51 bits per heavy atom. The fourth-order valence-corrected chi connectivity index (χ4v) is 5.86. The van der Waals surface area contributed by atoms with Crippen molar-refractivity contribution in [2.75, 3.05) is 27.1 Å². The third kappa shape index (κ3) is 7.01. The molecule has 0 unspecified atom stereocenters. The second-order valence-electron chi connectivity index (χ2n) is 10.2. The molecule has 0 aliphatic rings. The number of halogens is 1. The van der Waals surface area contributed by atoms with Crippen LogP contribution >= 0.6 is 0 Å². The zero-order chi connectivity index (χ0) is 32.1. The third-order valence-electron chi connectivity index (χ3n) is 7.16. The van der Waals surface area contributed by atoms with Crippen LogP contribution in [0.25, 0.3) is 22.3 Å². The number of aromatic nitrogens is 3. The van der Waals surface area contributed by atoms with E-state index in [4.69, 9.17) is 24.5 Å². The van der Waals surface area contributed by atoms with Gasteiger partial charge in [-0.1, -0.05) is 24.3 Å². The Labute approximate surface area is 259 Å². The molecule has 0 N–H and O–H groups in total. The molecule has 5 aromatic rings. The van der Waals surface area contributed by atoms with Crippen molar-refractivity contribution in [1.82, 2.24) is 14.5 Å². The molecule has 10 nitrogen and oxygen atoms in total. The summed E-state index contributed by atoms with van der Waals surface area (Å²) in [5.41, 5.74) is 3.74. The zero-order valence-corrected chi connectivity index (χ0v) is 25.6. The molecule has 0 spiro atoms. The van der Waals surface area contributed by atoms with Crippen LogP contribution in [0.2, 0.25) is 0 Å². The first-order valence-corrected chi connectivity index (χ1v) is 15.7. The van der Waals surface area contributed by atoms with Crippen molar-refractivity contribution < 1.29 is 31.8 Å². The number of pyridine rings is 1. The first kappa shape index (κ1) is 31.3. The number of esters is 1. The van der Waals surface area contributed by atoms with Crippen LogP contribution in [0.1, 0.15) is 32.9 Å². The number of imidazole rings is 1. The average Bonchev–Trinajstić information content (AvgIpc) is 3.38. The highest BCUT2D eigenvalue weighted by molar-refractivity contribution is 7.90. The molecule has 230 valence electrons. The molecule has 0 radical (unpaired) electrons. The summed E-state index contributed by atoms with van der Waals surface area (Å²) in [6.07, 6.45) is 1.34. The lowest BCUT2D eigenvalue weighted by atomic mass is 10.1. The third-order valence-corrected chi connectivity index (χ3v) is 8.34. The van der Waals surface area contributed by atoms with Gasteiger partial charge in [-0.3, -0.25) is 0 Å². The number of rotatable bonds is 11. The summed E-state index contributed by atoms with van der Waals surface area (Å²) in [6, 6.07) is 21.2. The van der Waals surface area contributed by atoms with Gasteiger partial charge < -0.3 is 18.8 Å². The number of carbonyl (C=O) groups excluding carboxylic acids is 1. The number of ether oxygens (including phenoxy) is 3. The molecule has 0 aliphatic heterocycles. The Balaban J connectivity index is 1.46. The number of methoxy groups -OCH3 is 2. The van der Waals surface area contributed by atoms with E-state index in [2.05, 4.69) is 4.98 Å². The van der Waals surface area contributed by atoms with Crippen molar-refractivity contribution in [3.63, 3.8) is 0 Å². The van der Waals surface area contributed by atoms with Crippen LogP contribution in [-0.2, 0) is 38.9 Å². The lowest BCUT2D eigenvalue weighted by Gasteiger charge is -2.13. The molecule has 0 saturated heterocycles. The van der Waals surface area contributed by atoms with Crippen LogP contribution < -0.4 is 4.74 Å². The van der Waals surface area contributed by atoms with E-state index in [9.17, 15) is 17.6 Å². The van der Waals surface area contributed by atoms with Crippen LogP contribution in [0.15, 0.2) is 77.7 Å². The largest absolute Gasteiger partial charge is 0.473 e. The fourth-order valence-electron chi connectivity index (χ4n) is 4.90. The minimum atomic E-state index is -3.68. The van der Waals surface area contributed by atoms with Crippen LogP contribution in [0.4, 0.5) is 4.39 Å². The Kier molecular flexibility index (Phi) is 9.22. The molecule has 2 aromatic heterocycles. The zero-order valence-electron chi connectivity index (χ0n) is 24.8. The second-order valence-corrected chi connectivity index (χ2v) is 12.2.